The summed E-state index contributed by atoms with van der Waals surface area (Å²) in [6.07, 6.45) is 0. The van der Waals surface area contributed by atoms with Crippen molar-refractivity contribution < 1.29 is 9.63 Å². The number of nitriles is 1. The van der Waals surface area contributed by atoms with Gasteiger partial charge >= 0.3 is 0 Å². The molecule has 0 atom stereocenters. The van der Waals surface area contributed by atoms with E-state index in [-0.39, 0.29) is 17.9 Å². The molecule has 0 saturated heterocycles. The maximum absolute atomic E-state index is 11.8. The monoisotopic (exact) mass is 266 g/mol. The summed E-state index contributed by atoms with van der Waals surface area (Å²) in [5.74, 6) is -0.454. The lowest BCUT2D eigenvalue weighted by atomic mass is 10.2. The first-order valence-electron chi connectivity index (χ1n) is 5.92. The molecule has 99 valence electrons. The van der Waals surface area contributed by atoms with Gasteiger partial charge in [0.05, 0.1) is 29.5 Å². The zero-order valence-corrected chi connectivity index (χ0v) is 10.6. The molecule has 5 nitrogen and oxygen atoms in total. The molecule has 5 heteroatoms. The molecule has 2 N–H and O–H groups in total. The molecule has 0 aliphatic heterocycles. The van der Waals surface area contributed by atoms with Crippen LogP contribution in [-0.4, -0.2) is 5.91 Å². The smallest absolute Gasteiger partial charge is 0.277 e. The fourth-order valence-electron chi connectivity index (χ4n) is 1.60. The molecule has 0 aliphatic carbocycles. The first-order valence-corrected chi connectivity index (χ1v) is 5.92. The molecule has 20 heavy (non-hydrogen) atoms. The Balaban J connectivity index is 1.88. The average molecular weight is 266 g/mol. The zero-order valence-electron chi connectivity index (χ0n) is 10.6. The molecular weight excluding hydrogens is 254 g/mol. The molecule has 2 rings (SSSR count). The van der Waals surface area contributed by atoms with Crippen LogP contribution in [0.5, 0.6) is 0 Å². The second-order valence-electron chi connectivity index (χ2n) is 4.07. The van der Waals surface area contributed by atoms with E-state index in [0.29, 0.717) is 5.56 Å². The first kappa shape index (κ1) is 13.6. The van der Waals surface area contributed by atoms with Gasteiger partial charge in [0.15, 0.2) is 0 Å². The standard InChI is InChI=1S/C15H12N3O2/c16-9-11-5-7-12(8-6-11)10-20-18-15(19)13-3-1-2-4-14(13)17/h1-8,17H,10H2,(H,18,19). The highest BCUT2D eigenvalue weighted by Crippen LogP contribution is 2.12. The Morgan fingerprint density at radius 2 is 1.90 bits per heavy atom. The maximum atomic E-state index is 11.8. The number of benzene rings is 2. The molecule has 0 aromatic heterocycles. The van der Waals surface area contributed by atoms with E-state index in [1.165, 1.54) is 6.07 Å². The van der Waals surface area contributed by atoms with Crippen LogP contribution >= 0.6 is 0 Å². The largest absolute Gasteiger partial charge is 0.300 e. The van der Waals surface area contributed by atoms with E-state index < -0.39 is 5.91 Å². The van der Waals surface area contributed by atoms with Gasteiger partial charge < -0.3 is 5.73 Å². The predicted molar refractivity (Wildman–Crippen MR) is 72.6 cm³/mol. The van der Waals surface area contributed by atoms with Crippen molar-refractivity contribution in [2.24, 2.45) is 0 Å². The van der Waals surface area contributed by atoms with Crippen LogP contribution in [0, 0.1) is 11.3 Å². The van der Waals surface area contributed by atoms with Crippen molar-refractivity contribution in [1.82, 2.24) is 11.2 Å². The molecule has 0 fully saturated rings. The first-order chi connectivity index (χ1) is 9.70. The Hall–Kier alpha value is -2.84. The summed E-state index contributed by atoms with van der Waals surface area (Å²) in [5, 5.41) is 8.67. The second-order valence-corrected chi connectivity index (χ2v) is 4.07. The van der Waals surface area contributed by atoms with Gasteiger partial charge in [-0.05, 0) is 29.8 Å². The van der Waals surface area contributed by atoms with Gasteiger partial charge in [0.25, 0.3) is 5.91 Å². The quantitative estimate of drug-likeness (QED) is 0.862. The third-order valence-corrected chi connectivity index (χ3v) is 2.66. The minimum Gasteiger partial charge on any atom is -0.300 e. The minimum absolute atomic E-state index is 0.145. The van der Waals surface area contributed by atoms with E-state index in [2.05, 4.69) is 5.48 Å². The van der Waals surface area contributed by atoms with Crippen molar-refractivity contribution in [3.63, 3.8) is 0 Å². The molecular formula is C15H12N3O2. The van der Waals surface area contributed by atoms with Gasteiger partial charge in [-0.15, -0.1) is 0 Å². The van der Waals surface area contributed by atoms with Crippen LogP contribution < -0.4 is 11.2 Å². The molecule has 0 aliphatic rings. The summed E-state index contributed by atoms with van der Waals surface area (Å²) in [5.41, 5.74) is 11.7. The summed E-state index contributed by atoms with van der Waals surface area (Å²) in [6, 6.07) is 15.4. The van der Waals surface area contributed by atoms with Crippen LogP contribution in [0.2, 0.25) is 0 Å². The van der Waals surface area contributed by atoms with Gasteiger partial charge in [0.1, 0.15) is 0 Å². The fraction of sp³-hybridized carbons (Fsp3) is 0.0667. The van der Waals surface area contributed by atoms with Crippen LogP contribution in [0.1, 0.15) is 21.5 Å². The van der Waals surface area contributed by atoms with E-state index in [1.807, 2.05) is 6.07 Å². The number of carbonyl (C=O) groups is 1. The third kappa shape index (κ3) is 3.34. The van der Waals surface area contributed by atoms with E-state index >= 15 is 0 Å². The number of hydrogen-bond acceptors (Lipinski definition) is 3. The van der Waals surface area contributed by atoms with Gasteiger partial charge in [-0.3, -0.25) is 9.63 Å². The van der Waals surface area contributed by atoms with Gasteiger partial charge in [0, 0.05) is 0 Å². The highest BCUT2D eigenvalue weighted by Gasteiger charge is 2.08. The lowest BCUT2D eigenvalue weighted by Gasteiger charge is -2.07. The lowest BCUT2D eigenvalue weighted by molar-refractivity contribution is 0.0234. The molecule has 2 aromatic carbocycles. The number of nitrogens with zero attached hydrogens (tertiary/aromatic N) is 1. The topological polar surface area (TPSA) is 85.9 Å². The lowest BCUT2D eigenvalue weighted by Crippen LogP contribution is -2.23. The number of hydrogen-bond donors (Lipinski definition) is 1. The maximum Gasteiger partial charge on any atom is 0.277 e. The van der Waals surface area contributed by atoms with E-state index in [9.17, 15) is 4.79 Å². The zero-order chi connectivity index (χ0) is 14.4. The Bertz CT molecular complexity index is 645. The van der Waals surface area contributed by atoms with Gasteiger partial charge in [-0.25, -0.2) is 5.48 Å². The molecule has 1 radical (unpaired) electrons. The van der Waals surface area contributed by atoms with Crippen LogP contribution in [0.15, 0.2) is 48.5 Å². The molecule has 0 unspecified atom stereocenters. The van der Waals surface area contributed by atoms with E-state index in [1.54, 1.807) is 42.5 Å². The van der Waals surface area contributed by atoms with Crippen molar-refractivity contribution in [1.29, 1.82) is 5.26 Å². The van der Waals surface area contributed by atoms with Crippen LogP contribution in [0.3, 0.4) is 0 Å². The SMILES string of the molecule is N#Cc1ccc(CONC(=O)c2ccccc2[NH])cc1. The van der Waals surface area contributed by atoms with Crippen molar-refractivity contribution in [2.75, 3.05) is 0 Å². The highest BCUT2D eigenvalue weighted by atomic mass is 16.6. The van der Waals surface area contributed by atoms with Gasteiger partial charge in [-0.2, -0.15) is 5.26 Å². The molecule has 2 aromatic rings. The van der Waals surface area contributed by atoms with Crippen molar-refractivity contribution in [3.05, 3.63) is 65.2 Å². The van der Waals surface area contributed by atoms with Crippen LogP contribution in [0.25, 0.3) is 0 Å². The Morgan fingerprint density at radius 1 is 1.20 bits per heavy atom. The number of nitrogens with one attached hydrogen (secondary N) is 2. The average Bonchev–Trinajstić information content (AvgIpc) is 2.48. The Kier molecular flexibility index (Phi) is 4.32. The van der Waals surface area contributed by atoms with Crippen LogP contribution in [-0.2, 0) is 11.4 Å². The Morgan fingerprint density at radius 3 is 2.55 bits per heavy atom. The number of carbonyl (C=O) groups excluding carboxylic acids is 1. The van der Waals surface area contributed by atoms with E-state index in [4.69, 9.17) is 15.8 Å². The normalized spacial score (nSPS) is 9.75. The summed E-state index contributed by atoms with van der Waals surface area (Å²) in [7, 11) is 0. The fourth-order valence-corrected chi connectivity index (χ4v) is 1.60. The summed E-state index contributed by atoms with van der Waals surface area (Å²) in [4.78, 5) is 16.9. The molecule has 0 saturated carbocycles. The van der Waals surface area contributed by atoms with Gasteiger partial charge in [-0.1, -0.05) is 24.3 Å². The Labute approximate surface area is 116 Å². The van der Waals surface area contributed by atoms with Crippen LogP contribution in [0.4, 0.5) is 5.69 Å². The molecule has 0 heterocycles. The summed E-state index contributed by atoms with van der Waals surface area (Å²) < 4.78 is 0. The van der Waals surface area contributed by atoms with Crippen molar-refractivity contribution in [3.8, 4) is 6.07 Å². The van der Waals surface area contributed by atoms with Crippen molar-refractivity contribution in [2.45, 2.75) is 6.61 Å². The van der Waals surface area contributed by atoms with Crippen molar-refractivity contribution >= 4 is 11.6 Å². The molecule has 0 spiro atoms. The minimum atomic E-state index is -0.454. The molecule has 0 bridgehead atoms. The second kappa shape index (κ2) is 6.36. The summed E-state index contributed by atoms with van der Waals surface area (Å²) >= 11 is 0. The molecule has 1 amide bonds. The third-order valence-electron chi connectivity index (χ3n) is 2.66. The highest BCUT2D eigenvalue weighted by molar-refractivity contribution is 5.97. The predicted octanol–water partition coefficient (Wildman–Crippen LogP) is 2.33. The number of amides is 1. The van der Waals surface area contributed by atoms with E-state index in [0.717, 1.165) is 5.56 Å². The number of hydroxylamine groups is 1. The summed E-state index contributed by atoms with van der Waals surface area (Å²) in [6.45, 7) is 0.192. The van der Waals surface area contributed by atoms with Gasteiger partial charge in [0.2, 0.25) is 0 Å². The number of rotatable bonds is 4.